The van der Waals surface area contributed by atoms with E-state index in [-0.39, 0.29) is 37.7 Å². The largest absolute Gasteiger partial charge is 0.497 e. The number of nitrogens with two attached hydrogens (primary N) is 1. The van der Waals surface area contributed by atoms with Crippen LogP contribution < -0.4 is 10.5 Å². The zero-order valence-electron chi connectivity index (χ0n) is 20.6. The molecule has 0 aromatic heterocycles. The van der Waals surface area contributed by atoms with Crippen molar-refractivity contribution in [2.75, 3.05) is 12.8 Å². The van der Waals surface area contributed by atoms with E-state index in [4.69, 9.17) is 10.5 Å². The molecule has 0 atom stereocenters. The number of carbonyl (C=O) groups is 1. The summed E-state index contributed by atoms with van der Waals surface area (Å²) in [7, 11) is -2.72. The van der Waals surface area contributed by atoms with Gasteiger partial charge in [-0.05, 0) is 72.5 Å². The number of anilines is 1. The quantitative estimate of drug-likeness (QED) is 0.271. The maximum Gasteiger partial charge on any atom is 0.337 e. The molecule has 0 radical (unpaired) electrons. The van der Waals surface area contributed by atoms with Crippen molar-refractivity contribution in [2.45, 2.75) is 23.6 Å². The molecule has 0 unspecified atom stereocenters. The second-order valence-electron chi connectivity index (χ2n) is 8.42. The average molecular weight is 512 g/mol. The van der Waals surface area contributed by atoms with E-state index in [2.05, 4.69) is 11.8 Å². The van der Waals surface area contributed by atoms with E-state index in [1.54, 1.807) is 0 Å². The lowest BCUT2D eigenvalue weighted by atomic mass is 9.96. The van der Waals surface area contributed by atoms with E-state index in [1.165, 1.54) is 45.2 Å². The van der Waals surface area contributed by atoms with Gasteiger partial charge in [0.1, 0.15) is 5.75 Å². The molecule has 4 aromatic rings. The van der Waals surface area contributed by atoms with Gasteiger partial charge in [0.25, 0.3) is 0 Å². The maximum absolute atomic E-state index is 13.5. The fraction of sp³-hybridized carbons (Fsp3) is 0.100. The summed E-state index contributed by atoms with van der Waals surface area (Å²) < 4.78 is 32.2. The van der Waals surface area contributed by atoms with Gasteiger partial charge >= 0.3 is 5.97 Å². The topological polar surface area (TPSA) is 107 Å². The Morgan fingerprint density at radius 2 is 1.43 bits per heavy atom. The number of rotatable bonds is 5. The highest BCUT2D eigenvalue weighted by molar-refractivity contribution is 7.91. The summed E-state index contributed by atoms with van der Waals surface area (Å²) in [4.78, 5) is 11.9. The van der Waals surface area contributed by atoms with E-state index in [9.17, 15) is 18.3 Å². The molecule has 4 aromatic carbocycles. The Bertz CT molecular complexity index is 1650. The average Bonchev–Trinajstić information content (AvgIpc) is 2.91. The highest BCUT2D eigenvalue weighted by Crippen LogP contribution is 2.36. The predicted molar refractivity (Wildman–Crippen MR) is 144 cm³/mol. The van der Waals surface area contributed by atoms with E-state index in [0.29, 0.717) is 11.3 Å². The summed E-state index contributed by atoms with van der Waals surface area (Å²) in [6.07, 6.45) is 0. The van der Waals surface area contributed by atoms with Crippen molar-refractivity contribution >= 4 is 21.5 Å². The third-order valence-electron chi connectivity index (χ3n) is 6.17. The first-order valence-corrected chi connectivity index (χ1v) is 12.9. The molecule has 6 nitrogen and oxygen atoms in total. The lowest BCUT2D eigenvalue weighted by Crippen LogP contribution is -2.16. The van der Waals surface area contributed by atoms with Crippen LogP contribution in [0, 0.1) is 25.7 Å². The monoisotopic (exact) mass is 511 g/mol. The van der Waals surface area contributed by atoms with Gasteiger partial charge in [0, 0.05) is 5.56 Å². The van der Waals surface area contributed by atoms with Crippen LogP contribution in [0.15, 0.2) is 88.7 Å². The number of hydrogen-bond donors (Lipinski definition) is 2. The Morgan fingerprint density at radius 1 is 0.838 bits per heavy atom. The third-order valence-corrected chi connectivity index (χ3v) is 8.11. The lowest BCUT2D eigenvalue weighted by molar-refractivity contribution is 0.0691. The van der Waals surface area contributed by atoms with Gasteiger partial charge in [-0.2, -0.15) is 0 Å². The van der Waals surface area contributed by atoms with Crippen LogP contribution in [0.5, 0.6) is 5.75 Å². The summed E-state index contributed by atoms with van der Waals surface area (Å²) in [5.74, 6) is 5.11. The predicted octanol–water partition coefficient (Wildman–Crippen LogP) is 5.49. The number of sulfone groups is 1. The third kappa shape index (κ3) is 4.92. The molecule has 0 amide bonds. The van der Waals surface area contributed by atoms with Crippen molar-refractivity contribution in [3.8, 4) is 28.7 Å². The Balaban J connectivity index is 1.80. The van der Waals surface area contributed by atoms with Crippen molar-refractivity contribution in [3.63, 3.8) is 0 Å². The first-order valence-electron chi connectivity index (χ1n) is 11.4. The zero-order valence-corrected chi connectivity index (χ0v) is 21.4. The summed E-state index contributed by atoms with van der Waals surface area (Å²) in [5, 5.41) is 10.0. The second-order valence-corrected chi connectivity index (χ2v) is 10.3. The molecule has 0 aliphatic carbocycles. The molecule has 0 spiro atoms. The molecule has 0 fully saturated rings. The van der Waals surface area contributed by atoms with Crippen molar-refractivity contribution in [3.05, 3.63) is 107 Å². The van der Waals surface area contributed by atoms with Crippen LogP contribution in [0.1, 0.15) is 32.6 Å². The smallest absolute Gasteiger partial charge is 0.337 e. The molecule has 0 heterocycles. The van der Waals surface area contributed by atoms with E-state index >= 15 is 0 Å². The van der Waals surface area contributed by atoms with Gasteiger partial charge in [-0.1, -0.05) is 54.3 Å². The van der Waals surface area contributed by atoms with Crippen molar-refractivity contribution < 1.29 is 23.1 Å². The molecule has 37 heavy (non-hydrogen) atoms. The van der Waals surface area contributed by atoms with Crippen molar-refractivity contribution in [2.24, 2.45) is 0 Å². The lowest BCUT2D eigenvalue weighted by Gasteiger charge is -2.18. The van der Waals surface area contributed by atoms with Gasteiger partial charge in [-0.3, -0.25) is 0 Å². The van der Waals surface area contributed by atoms with Crippen LogP contribution in [0.3, 0.4) is 0 Å². The van der Waals surface area contributed by atoms with Crippen LogP contribution in [-0.4, -0.2) is 26.6 Å². The van der Waals surface area contributed by atoms with Gasteiger partial charge in [-0.25, -0.2) is 13.2 Å². The number of hydrogen-bond acceptors (Lipinski definition) is 5. The highest BCUT2D eigenvalue weighted by atomic mass is 32.2. The molecule has 3 N–H and O–H groups in total. The van der Waals surface area contributed by atoms with Crippen molar-refractivity contribution in [1.82, 2.24) is 0 Å². The Kier molecular flexibility index (Phi) is 7.05. The molecule has 0 bridgehead atoms. The number of nitrogen functional groups attached to an aromatic ring is 1. The molecular formula is C30H25NO5S. The van der Waals surface area contributed by atoms with Gasteiger partial charge in [0.05, 0.1) is 33.7 Å². The van der Waals surface area contributed by atoms with Gasteiger partial charge < -0.3 is 15.6 Å². The molecule has 186 valence electrons. The standard InChI is InChI=1S/C30H25NO5S/c1-19-26(18-11-21-9-12-23(13-10-21)22-7-5-4-6-8-22)28(31)20(2)29(27(19)30(32)33)37(34,35)25-16-14-24(36-3)15-17-25/h4-10,12-17H,31H2,1-3H3,(H,32,33). The van der Waals surface area contributed by atoms with Crippen molar-refractivity contribution in [1.29, 1.82) is 0 Å². The molecule has 4 rings (SSSR count). The van der Waals surface area contributed by atoms with E-state index in [1.807, 2.05) is 54.6 Å². The Hall–Kier alpha value is -4.54. The van der Waals surface area contributed by atoms with Gasteiger partial charge in [0.15, 0.2) is 0 Å². The number of aromatic carboxylic acids is 1. The molecule has 0 aliphatic rings. The van der Waals surface area contributed by atoms with Crippen LogP contribution in [-0.2, 0) is 9.84 Å². The molecule has 0 aliphatic heterocycles. The second kappa shape index (κ2) is 10.2. The fourth-order valence-corrected chi connectivity index (χ4v) is 5.89. The SMILES string of the molecule is COc1ccc(S(=O)(=O)c2c(C)c(N)c(C#Cc3ccc(-c4ccccc4)cc3)c(C)c2C(=O)O)cc1. The summed E-state index contributed by atoms with van der Waals surface area (Å²) in [5.41, 5.74) is 9.60. The van der Waals surface area contributed by atoms with Gasteiger partial charge in [-0.15, -0.1) is 0 Å². The Labute approximate surface area is 216 Å². The highest BCUT2D eigenvalue weighted by Gasteiger charge is 2.31. The number of carboxylic acid groups (broad SMARTS) is 1. The van der Waals surface area contributed by atoms with Crippen LogP contribution in [0.4, 0.5) is 5.69 Å². The maximum atomic E-state index is 13.5. The van der Waals surface area contributed by atoms with Crippen LogP contribution in [0.2, 0.25) is 0 Å². The molecular weight excluding hydrogens is 486 g/mol. The first-order chi connectivity index (χ1) is 17.6. The minimum atomic E-state index is -4.19. The molecule has 7 heteroatoms. The summed E-state index contributed by atoms with van der Waals surface area (Å²) in [6, 6.07) is 23.3. The van der Waals surface area contributed by atoms with Crippen LogP contribution >= 0.6 is 0 Å². The number of methoxy groups -OCH3 is 1. The summed E-state index contributed by atoms with van der Waals surface area (Å²) in [6.45, 7) is 3.02. The van der Waals surface area contributed by atoms with E-state index in [0.717, 1.165) is 11.1 Å². The number of benzene rings is 4. The summed E-state index contributed by atoms with van der Waals surface area (Å²) >= 11 is 0. The number of ether oxygens (including phenoxy) is 1. The Morgan fingerprint density at radius 3 is 2.00 bits per heavy atom. The normalized spacial score (nSPS) is 10.9. The van der Waals surface area contributed by atoms with E-state index < -0.39 is 15.8 Å². The first kappa shape index (κ1) is 25.5. The van der Waals surface area contributed by atoms with Gasteiger partial charge in [0.2, 0.25) is 9.84 Å². The van der Waals surface area contributed by atoms with Crippen LogP contribution in [0.25, 0.3) is 11.1 Å². The molecule has 0 saturated heterocycles. The molecule has 0 saturated carbocycles. The minimum absolute atomic E-state index is 0.0601. The minimum Gasteiger partial charge on any atom is -0.497 e. The zero-order chi connectivity index (χ0) is 26.7. The fourth-order valence-electron chi connectivity index (χ4n) is 4.13. The number of carboxylic acids is 1.